The second-order valence-corrected chi connectivity index (χ2v) is 8.07. The van der Waals surface area contributed by atoms with Gasteiger partial charge in [0.05, 0.1) is 6.61 Å². The number of aryl methyl sites for hydroxylation is 1. The smallest absolute Gasteiger partial charge is 0.162 e. The van der Waals surface area contributed by atoms with E-state index in [9.17, 15) is 5.11 Å². The number of hydrogen-bond donors (Lipinski definition) is 2. The predicted octanol–water partition coefficient (Wildman–Crippen LogP) is 6.23. The van der Waals surface area contributed by atoms with Crippen molar-refractivity contribution in [3.8, 4) is 11.5 Å². The Bertz CT molecular complexity index is 1060. The molecule has 1 aliphatic heterocycles. The lowest BCUT2D eigenvalue weighted by Crippen LogP contribution is -2.33. The van der Waals surface area contributed by atoms with Crippen LogP contribution < -0.4 is 10.1 Å². The first kappa shape index (κ1) is 21.4. The van der Waals surface area contributed by atoms with Crippen molar-refractivity contribution in [3.63, 3.8) is 0 Å². The fourth-order valence-corrected chi connectivity index (χ4v) is 4.05. The second kappa shape index (κ2) is 9.54. The van der Waals surface area contributed by atoms with Gasteiger partial charge in [-0.05, 0) is 48.2 Å². The molecule has 1 heterocycles. The van der Waals surface area contributed by atoms with Crippen LogP contribution in [0.5, 0.6) is 11.5 Å². The van der Waals surface area contributed by atoms with Crippen LogP contribution in [0.25, 0.3) is 0 Å². The van der Waals surface area contributed by atoms with E-state index >= 15 is 0 Å². The Morgan fingerprint density at radius 3 is 2.45 bits per heavy atom. The average molecular weight is 435 g/mol. The minimum absolute atomic E-state index is 0.112. The van der Waals surface area contributed by atoms with Gasteiger partial charge in [0.2, 0.25) is 0 Å². The highest BCUT2D eigenvalue weighted by Crippen LogP contribution is 2.39. The number of phenols is 1. The number of aromatic hydroxyl groups is 1. The van der Waals surface area contributed by atoms with Crippen LogP contribution in [0.4, 0.5) is 0 Å². The number of rotatable bonds is 6. The third kappa shape index (κ3) is 4.76. The number of phenolic OH excluding ortho intramolecular Hbond substituents is 1. The number of benzene rings is 3. The van der Waals surface area contributed by atoms with E-state index in [0.29, 0.717) is 23.8 Å². The molecule has 1 aliphatic rings. The molecule has 4 rings (SSSR count). The lowest BCUT2D eigenvalue weighted by Gasteiger charge is -2.31. The summed E-state index contributed by atoms with van der Waals surface area (Å²) in [6.45, 7) is 4.56. The van der Waals surface area contributed by atoms with Crippen LogP contribution in [0.1, 0.15) is 54.7 Å². The summed E-state index contributed by atoms with van der Waals surface area (Å²) in [5.41, 5.74) is 5.24. The van der Waals surface area contributed by atoms with Crippen molar-refractivity contribution in [2.75, 3.05) is 6.61 Å². The van der Waals surface area contributed by atoms with Gasteiger partial charge in [-0.1, -0.05) is 67.1 Å². The summed E-state index contributed by atoms with van der Waals surface area (Å²) in [6, 6.07) is 21.8. The Morgan fingerprint density at radius 2 is 1.77 bits per heavy atom. The molecule has 3 aromatic carbocycles. The Kier molecular flexibility index (Phi) is 6.59. The standard InChI is InChI=1S/C26H27ClN2O2/c1-3-17-8-10-18(11-9-17)22-16-23(21-6-5-7-24(25(21)30)31-4-2)29-26(28-22)19-12-14-20(27)15-13-19/h5-15,23,26,29-30H,3-4,16H2,1-2H3/t23-,26-/m0/s1. The number of para-hydroxylation sites is 1. The van der Waals surface area contributed by atoms with Gasteiger partial charge >= 0.3 is 0 Å². The molecule has 0 saturated heterocycles. The minimum atomic E-state index is -0.244. The molecule has 160 valence electrons. The zero-order valence-corrected chi connectivity index (χ0v) is 18.6. The summed E-state index contributed by atoms with van der Waals surface area (Å²) >= 11 is 6.09. The summed E-state index contributed by atoms with van der Waals surface area (Å²) in [4.78, 5) is 5.02. The first-order valence-corrected chi connectivity index (χ1v) is 11.1. The predicted molar refractivity (Wildman–Crippen MR) is 126 cm³/mol. The van der Waals surface area contributed by atoms with Crippen molar-refractivity contribution >= 4 is 17.3 Å². The molecule has 0 aliphatic carbocycles. The van der Waals surface area contributed by atoms with Crippen molar-refractivity contribution in [2.24, 2.45) is 4.99 Å². The highest BCUT2D eigenvalue weighted by molar-refractivity contribution is 6.30. The summed E-state index contributed by atoms with van der Waals surface area (Å²) in [5.74, 6) is 0.681. The van der Waals surface area contributed by atoms with E-state index in [-0.39, 0.29) is 18.0 Å². The molecular formula is C26H27ClN2O2. The number of nitrogens with one attached hydrogen (secondary N) is 1. The van der Waals surface area contributed by atoms with Crippen LogP contribution in [0.15, 0.2) is 71.7 Å². The molecule has 3 aromatic rings. The first-order chi connectivity index (χ1) is 15.1. The molecule has 0 unspecified atom stereocenters. The quantitative estimate of drug-likeness (QED) is 0.483. The van der Waals surface area contributed by atoms with Crippen LogP contribution in [0.2, 0.25) is 5.02 Å². The van der Waals surface area contributed by atoms with Gasteiger partial charge < -0.3 is 9.84 Å². The van der Waals surface area contributed by atoms with Gasteiger partial charge in [-0.15, -0.1) is 0 Å². The van der Waals surface area contributed by atoms with Gasteiger partial charge in [-0.3, -0.25) is 10.3 Å². The molecule has 5 heteroatoms. The van der Waals surface area contributed by atoms with Crippen LogP contribution in [0, 0.1) is 0 Å². The van der Waals surface area contributed by atoms with Gasteiger partial charge in [0, 0.05) is 28.8 Å². The summed E-state index contributed by atoms with van der Waals surface area (Å²) < 4.78 is 5.61. The Labute approximate surface area is 188 Å². The van der Waals surface area contributed by atoms with E-state index in [2.05, 4.69) is 36.5 Å². The fraction of sp³-hybridized carbons (Fsp3) is 0.269. The maximum Gasteiger partial charge on any atom is 0.162 e. The average Bonchev–Trinajstić information content (AvgIpc) is 2.81. The Morgan fingerprint density at radius 1 is 1.03 bits per heavy atom. The van der Waals surface area contributed by atoms with E-state index in [1.807, 2.05) is 43.3 Å². The van der Waals surface area contributed by atoms with Gasteiger partial charge in [-0.2, -0.15) is 0 Å². The van der Waals surface area contributed by atoms with Crippen LogP contribution in [0.3, 0.4) is 0 Å². The molecule has 2 atom stereocenters. The number of hydrogen-bond acceptors (Lipinski definition) is 4. The molecular weight excluding hydrogens is 408 g/mol. The number of halogens is 1. The number of nitrogens with zero attached hydrogens (tertiary/aromatic N) is 1. The van der Waals surface area contributed by atoms with Crippen molar-refractivity contribution in [1.29, 1.82) is 0 Å². The maximum atomic E-state index is 10.9. The number of aliphatic imine (C=N–C) groups is 1. The van der Waals surface area contributed by atoms with E-state index in [0.717, 1.165) is 28.8 Å². The SMILES string of the molecule is CCOc1cccc([C@@H]2CC(c3ccc(CC)cc3)=N[C@H](c3ccc(Cl)cc3)N2)c1O. The molecule has 31 heavy (non-hydrogen) atoms. The Balaban J connectivity index is 1.73. The Hall–Kier alpha value is -2.82. The molecule has 2 N–H and O–H groups in total. The summed E-state index contributed by atoms with van der Waals surface area (Å²) in [5, 5.41) is 15.2. The molecule has 0 amide bonds. The lowest BCUT2D eigenvalue weighted by atomic mass is 9.93. The third-order valence-corrected chi connectivity index (χ3v) is 5.88. The van der Waals surface area contributed by atoms with E-state index < -0.39 is 0 Å². The van der Waals surface area contributed by atoms with Crippen molar-refractivity contribution in [1.82, 2.24) is 5.32 Å². The van der Waals surface area contributed by atoms with Crippen molar-refractivity contribution in [3.05, 3.63) is 94.0 Å². The van der Waals surface area contributed by atoms with Gasteiger partial charge in [0.15, 0.2) is 11.5 Å². The largest absolute Gasteiger partial charge is 0.504 e. The molecule has 0 saturated carbocycles. The van der Waals surface area contributed by atoms with Crippen LogP contribution in [-0.2, 0) is 6.42 Å². The molecule has 0 spiro atoms. The normalized spacial score (nSPS) is 18.5. The zero-order valence-electron chi connectivity index (χ0n) is 17.8. The van der Waals surface area contributed by atoms with Crippen LogP contribution >= 0.6 is 11.6 Å². The molecule has 0 fully saturated rings. The van der Waals surface area contributed by atoms with Crippen LogP contribution in [-0.4, -0.2) is 17.4 Å². The van der Waals surface area contributed by atoms with E-state index in [4.69, 9.17) is 21.3 Å². The fourth-order valence-electron chi connectivity index (χ4n) is 3.92. The van der Waals surface area contributed by atoms with Crippen molar-refractivity contribution in [2.45, 2.75) is 38.9 Å². The van der Waals surface area contributed by atoms with Gasteiger partial charge in [-0.25, -0.2) is 0 Å². The van der Waals surface area contributed by atoms with Gasteiger partial charge in [0.1, 0.15) is 6.17 Å². The zero-order chi connectivity index (χ0) is 21.8. The first-order valence-electron chi connectivity index (χ1n) is 10.7. The summed E-state index contributed by atoms with van der Waals surface area (Å²) in [6.07, 6.45) is 1.42. The topological polar surface area (TPSA) is 53.8 Å². The lowest BCUT2D eigenvalue weighted by molar-refractivity contribution is 0.313. The second-order valence-electron chi connectivity index (χ2n) is 7.63. The van der Waals surface area contributed by atoms with Gasteiger partial charge in [0.25, 0.3) is 0 Å². The maximum absolute atomic E-state index is 10.9. The van der Waals surface area contributed by atoms with E-state index in [1.165, 1.54) is 5.56 Å². The number of ether oxygens (including phenoxy) is 1. The van der Waals surface area contributed by atoms with Crippen molar-refractivity contribution < 1.29 is 9.84 Å². The highest BCUT2D eigenvalue weighted by Gasteiger charge is 2.28. The minimum Gasteiger partial charge on any atom is -0.504 e. The molecule has 0 aromatic heterocycles. The molecule has 0 radical (unpaired) electrons. The highest BCUT2D eigenvalue weighted by atomic mass is 35.5. The molecule has 4 nitrogen and oxygen atoms in total. The summed E-state index contributed by atoms with van der Waals surface area (Å²) in [7, 11) is 0. The third-order valence-electron chi connectivity index (χ3n) is 5.63. The van der Waals surface area contributed by atoms with E-state index in [1.54, 1.807) is 6.07 Å². The molecule has 0 bridgehead atoms. The monoisotopic (exact) mass is 434 g/mol.